The third-order valence-corrected chi connectivity index (χ3v) is 3.04. The molecule has 0 spiro atoms. The lowest BCUT2D eigenvalue weighted by Crippen LogP contribution is -2.45. The number of aromatic amines is 1. The highest BCUT2D eigenvalue weighted by Crippen LogP contribution is 2.15. The van der Waals surface area contributed by atoms with Gasteiger partial charge in [-0.1, -0.05) is 13.8 Å². The van der Waals surface area contributed by atoms with Crippen molar-refractivity contribution in [2.24, 2.45) is 0 Å². The fourth-order valence-electron chi connectivity index (χ4n) is 1.39. The largest absolute Gasteiger partial charge is 0.477 e. The van der Waals surface area contributed by atoms with Gasteiger partial charge in [-0.2, -0.15) is 0 Å². The van der Waals surface area contributed by atoms with Gasteiger partial charge in [-0.25, -0.2) is 9.78 Å². The van der Waals surface area contributed by atoms with Crippen molar-refractivity contribution in [3.63, 3.8) is 0 Å². The molecule has 0 saturated heterocycles. The second kappa shape index (κ2) is 4.99. The number of carbonyl (C=O) groups excluding carboxylic acids is 1. The number of carboxylic acids is 1. The number of amides is 1. The van der Waals surface area contributed by atoms with Gasteiger partial charge in [-0.15, -0.1) is 0 Å². The molecule has 6 heteroatoms. The highest BCUT2D eigenvalue weighted by molar-refractivity contribution is 6.02. The molecule has 0 aliphatic rings. The number of aromatic carboxylic acids is 1. The number of nitrogens with zero attached hydrogens (tertiary/aromatic N) is 1. The number of carboxylic acid groups (broad SMARTS) is 1. The Balaban J connectivity index is 2.90. The number of nitrogens with one attached hydrogen (secondary N) is 2. The lowest BCUT2D eigenvalue weighted by Gasteiger charge is -2.27. The molecule has 17 heavy (non-hydrogen) atoms. The van der Waals surface area contributed by atoms with Gasteiger partial charge in [0.15, 0.2) is 11.4 Å². The van der Waals surface area contributed by atoms with Gasteiger partial charge in [0.2, 0.25) is 0 Å². The summed E-state index contributed by atoms with van der Waals surface area (Å²) in [4.78, 5) is 28.9. The standard InChI is InChI=1S/C11H17N3O3/c1-4-11(3,5-2)14-9(15)7-8(10(16)17)13-6-12-7/h6H,4-5H2,1-3H3,(H,12,13)(H,14,15)(H,16,17). The van der Waals surface area contributed by atoms with Gasteiger partial charge >= 0.3 is 5.97 Å². The fourth-order valence-corrected chi connectivity index (χ4v) is 1.39. The summed E-state index contributed by atoms with van der Waals surface area (Å²) in [6, 6.07) is 0. The number of rotatable bonds is 5. The van der Waals surface area contributed by atoms with E-state index in [9.17, 15) is 9.59 Å². The Morgan fingerprint density at radius 3 is 2.53 bits per heavy atom. The maximum Gasteiger partial charge on any atom is 0.354 e. The molecule has 0 aliphatic carbocycles. The molecule has 0 bridgehead atoms. The Morgan fingerprint density at radius 2 is 2.06 bits per heavy atom. The monoisotopic (exact) mass is 239 g/mol. The highest BCUT2D eigenvalue weighted by atomic mass is 16.4. The summed E-state index contributed by atoms with van der Waals surface area (Å²) in [6.45, 7) is 5.84. The van der Waals surface area contributed by atoms with Crippen LogP contribution in [0.5, 0.6) is 0 Å². The quantitative estimate of drug-likeness (QED) is 0.724. The van der Waals surface area contributed by atoms with Crippen LogP contribution >= 0.6 is 0 Å². The minimum atomic E-state index is -1.19. The van der Waals surface area contributed by atoms with Crippen LogP contribution in [0.15, 0.2) is 6.33 Å². The summed E-state index contributed by atoms with van der Waals surface area (Å²) in [5.41, 5.74) is -0.603. The molecule has 1 rings (SSSR count). The normalized spacial score (nSPS) is 11.2. The molecular formula is C11H17N3O3. The van der Waals surface area contributed by atoms with E-state index in [1.165, 1.54) is 6.33 Å². The fraction of sp³-hybridized carbons (Fsp3) is 0.545. The van der Waals surface area contributed by atoms with Crippen LogP contribution < -0.4 is 5.32 Å². The minimum Gasteiger partial charge on any atom is -0.477 e. The van der Waals surface area contributed by atoms with E-state index in [1.54, 1.807) is 0 Å². The average molecular weight is 239 g/mol. The lowest BCUT2D eigenvalue weighted by atomic mass is 9.95. The first-order valence-electron chi connectivity index (χ1n) is 5.52. The molecule has 1 heterocycles. The van der Waals surface area contributed by atoms with Crippen LogP contribution in [0, 0.1) is 0 Å². The molecule has 0 aromatic carbocycles. The van der Waals surface area contributed by atoms with E-state index in [2.05, 4.69) is 15.3 Å². The van der Waals surface area contributed by atoms with Gasteiger partial charge in [-0.05, 0) is 19.8 Å². The summed E-state index contributed by atoms with van der Waals surface area (Å²) >= 11 is 0. The first-order chi connectivity index (χ1) is 7.93. The number of H-pyrrole nitrogens is 1. The van der Waals surface area contributed by atoms with E-state index >= 15 is 0 Å². The van der Waals surface area contributed by atoms with Crippen LogP contribution in [0.2, 0.25) is 0 Å². The summed E-state index contributed by atoms with van der Waals surface area (Å²) in [5, 5.41) is 11.7. The minimum absolute atomic E-state index is 0.0781. The number of aromatic nitrogens is 2. The Kier molecular flexibility index (Phi) is 3.88. The van der Waals surface area contributed by atoms with Crippen LogP contribution in [-0.4, -0.2) is 32.5 Å². The molecule has 6 nitrogen and oxygen atoms in total. The Hall–Kier alpha value is -1.85. The van der Waals surface area contributed by atoms with Crippen molar-refractivity contribution in [1.29, 1.82) is 0 Å². The second-order valence-corrected chi connectivity index (χ2v) is 4.15. The van der Waals surface area contributed by atoms with Crippen molar-refractivity contribution in [3.05, 3.63) is 17.7 Å². The third-order valence-electron chi connectivity index (χ3n) is 3.04. The van der Waals surface area contributed by atoms with Crippen molar-refractivity contribution < 1.29 is 14.7 Å². The van der Waals surface area contributed by atoms with Crippen molar-refractivity contribution in [2.45, 2.75) is 39.2 Å². The Bertz CT molecular complexity index is 421. The van der Waals surface area contributed by atoms with Gasteiger partial charge in [0.1, 0.15) is 0 Å². The van der Waals surface area contributed by atoms with Crippen LogP contribution in [0.4, 0.5) is 0 Å². The summed E-state index contributed by atoms with van der Waals surface area (Å²) in [6.07, 6.45) is 2.73. The molecule has 1 aromatic heterocycles. The van der Waals surface area contributed by atoms with E-state index in [0.29, 0.717) is 0 Å². The van der Waals surface area contributed by atoms with Crippen molar-refractivity contribution in [2.75, 3.05) is 0 Å². The summed E-state index contributed by atoms with van der Waals surface area (Å²) in [7, 11) is 0. The summed E-state index contributed by atoms with van der Waals surface area (Å²) < 4.78 is 0. The van der Waals surface area contributed by atoms with Crippen LogP contribution in [-0.2, 0) is 0 Å². The molecule has 0 aliphatic heterocycles. The second-order valence-electron chi connectivity index (χ2n) is 4.15. The smallest absolute Gasteiger partial charge is 0.354 e. The molecule has 1 aromatic rings. The molecule has 1 amide bonds. The highest BCUT2D eigenvalue weighted by Gasteiger charge is 2.26. The number of carbonyl (C=O) groups is 2. The molecule has 0 fully saturated rings. The Morgan fingerprint density at radius 1 is 1.47 bits per heavy atom. The zero-order chi connectivity index (χ0) is 13.1. The van der Waals surface area contributed by atoms with E-state index < -0.39 is 11.9 Å². The van der Waals surface area contributed by atoms with Crippen molar-refractivity contribution in [1.82, 2.24) is 15.3 Å². The van der Waals surface area contributed by atoms with Gasteiger partial charge in [0.05, 0.1) is 6.33 Å². The van der Waals surface area contributed by atoms with E-state index in [4.69, 9.17) is 5.11 Å². The van der Waals surface area contributed by atoms with Crippen LogP contribution in [0.3, 0.4) is 0 Å². The molecule has 0 radical (unpaired) electrons. The maximum absolute atomic E-state index is 11.9. The predicted octanol–water partition coefficient (Wildman–Crippen LogP) is 1.42. The van der Waals surface area contributed by atoms with Gasteiger partial charge in [0.25, 0.3) is 5.91 Å². The zero-order valence-corrected chi connectivity index (χ0v) is 10.2. The third kappa shape index (κ3) is 2.83. The number of hydrogen-bond donors (Lipinski definition) is 3. The average Bonchev–Trinajstić information content (AvgIpc) is 2.77. The first kappa shape index (κ1) is 13.2. The predicted molar refractivity (Wildman–Crippen MR) is 62.0 cm³/mol. The Labute approximate surface area is 99.4 Å². The number of hydrogen-bond acceptors (Lipinski definition) is 3. The van der Waals surface area contributed by atoms with Crippen molar-refractivity contribution in [3.8, 4) is 0 Å². The first-order valence-corrected chi connectivity index (χ1v) is 5.52. The number of imidazole rings is 1. The zero-order valence-electron chi connectivity index (χ0n) is 10.2. The molecular weight excluding hydrogens is 222 g/mol. The van der Waals surface area contributed by atoms with E-state index in [0.717, 1.165) is 12.8 Å². The van der Waals surface area contributed by atoms with Gasteiger partial charge in [-0.3, -0.25) is 4.79 Å². The van der Waals surface area contributed by atoms with Gasteiger partial charge in [0, 0.05) is 5.54 Å². The van der Waals surface area contributed by atoms with E-state index in [-0.39, 0.29) is 16.9 Å². The molecule has 94 valence electrons. The van der Waals surface area contributed by atoms with Crippen molar-refractivity contribution >= 4 is 11.9 Å². The van der Waals surface area contributed by atoms with E-state index in [1.807, 2.05) is 20.8 Å². The van der Waals surface area contributed by atoms with Gasteiger partial charge < -0.3 is 15.4 Å². The lowest BCUT2D eigenvalue weighted by molar-refractivity contribution is 0.0683. The molecule has 3 N–H and O–H groups in total. The maximum atomic E-state index is 11.9. The summed E-state index contributed by atoms with van der Waals surface area (Å²) in [5.74, 6) is -1.66. The molecule has 0 saturated carbocycles. The topological polar surface area (TPSA) is 95.1 Å². The molecule has 0 atom stereocenters. The van der Waals surface area contributed by atoms with Crippen LogP contribution in [0.25, 0.3) is 0 Å². The SMILES string of the molecule is CCC(C)(CC)NC(=O)c1nc[nH]c1C(=O)O. The molecule has 0 unspecified atom stereocenters. The van der Waals surface area contributed by atoms with Crippen LogP contribution in [0.1, 0.15) is 54.6 Å².